The van der Waals surface area contributed by atoms with Crippen molar-refractivity contribution in [2.75, 3.05) is 20.0 Å². The van der Waals surface area contributed by atoms with E-state index in [0.29, 0.717) is 27.9 Å². The number of rotatable bonds is 6. The second-order valence-corrected chi connectivity index (χ2v) is 8.44. The molecule has 1 saturated heterocycles. The molecule has 0 radical (unpaired) electrons. The summed E-state index contributed by atoms with van der Waals surface area (Å²) in [6, 6.07) is 5.29. The van der Waals surface area contributed by atoms with E-state index in [-0.39, 0.29) is 29.9 Å². The van der Waals surface area contributed by atoms with Crippen LogP contribution in [0, 0.1) is 5.41 Å². The van der Waals surface area contributed by atoms with Crippen molar-refractivity contribution in [2.24, 2.45) is 5.41 Å². The fourth-order valence-electron chi connectivity index (χ4n) is 2.58. The third-order valence-corrected chi connectivity index (χ3v) is 5.33. The number of carbonyl (C=O) groups is 2. The molecular formula is C20H23N3O5S. The first kappa shape index (κ1) is 20.9. The number of methoxy groups -OCH3 is 2. The lowest BCUT2D eigenvalue weighted by Crippen LogP contribution is -2.26. The summed E-state index contributed by atoms with van der Waals surface area (Å²) in [4.78, 5) is 30.5. The summed E-state index contributed by atoms with van der Waals surface area (Å²) in [7, 11) is 3.11. The van der Waals surface area contributed by atoms with Gasteiger partial charge in [0.2, 0.25) is 17.6 Å². The normalized spacial score (nSPS) is 15.8. The molecule has 154 valence electrons. The van der Waals surface area contributed by atoms with Crippen LogP contribution in [0.25, 0.3) is 11.4 Å². The molecule has 1 fully saturated rings. The van der Waals surface area contributed by atoms with Crippen molar-refractivity contribution in [1.82, 2.24) is 15.0 Å². The number of thioether (sulfide) groups is 1. The Morgan fingerprint density at radius 3 is 2.66 bits per heavy atom. The Hall–Kier alpha value is -2.81. The highest BCUT2D eigenvalue weighted by molar-refractivity contribution is 8.04. The van der Waals surface area contributed by atoms with Crippen LogP contribution in [0.4, 0.5) is 0 Å². The zero-order valence-electron chi connectivity index (χ0n) is 17.0. The minimum atomic E-state index is -0.518. The zero-order valence-corrected chi connectivity index (χ0v) is 17.8. The summed E-state index contributed by atoms with van der Waals surface area (Å²) in [5.74, 6) is 1.92. The zero-order chi connectivity index (χ0) is 21.2. The van der Waals surface area contributed by atoms with Gasteiger partial charge in [0.1, 0.15) is 6.54 Å². The molecule has 1 aromatic carbocycles. The molecule has 8 nitrogen and oxygen atoms in total. The van der Waals surface area contributed by atoms with E-state index in [4.69, 9.17) is 14.0 Å². The molecular weight excluding hydrogens is 394 g/mol. The summed E-state index contributed by atoms with van der Waals surface area (Å²) in [6.07, 6.45) is 1.52. The quantitative estimate of drug-likeness (QED) is 0.661. The lowest BCUT2D eigenvalue weighted by Gasteiger charge is -2.17. The Morgan fingerprint density at radius 2 is 2.00 bits per heavy atom. The van der Waals surface area contributed by atoms with Gasteiger partial charge in [-0.05, 0) is 18.2 Å². The van der Waals surface area contributed by atoms with Crippen LogP contribution < -0.4 is 9.47 Å². The first-order chi connectivity index (χ1) is 13.7. The number of ketones is 1. The molecule has 0 saturated carbocycles. The number of allylic oxidation sites excluding steroid dienone is 1. The topological polar surface area (TPSA) is 94.8 Å². The van der Waals surface area contributed by atoms with E-state index in [1.807, 2.05) is 20.8 Å². The van der Waals surface area contributed by atoms with E-state index in [9.17, 15) is 9.59 Å². The van der Waals surface area contributed by atoms with Crippen LogP contribution >= 0.6 is 11.8 Å². The van der Waals surface area contributed by atoms with Gasteiger partial charge in [-0.3, -0.25) is 14.5 Å². The molecule has 9 heteroatoms. The number of benzene rings is 1. The summed E-state index contributed by atoms with van der Waals surface area (Å²) in [5.41, 5.74) is 0.175. The monoisotopic (exact) mass is 417 g/mol. The fraction of sp³-hybridized carbons (Fsp3) is 0.400. The van der Waals surface area contributed by atoms with E-state index in [1.54, 1.807) is 32.4 Å². The minimum Gasteiger partial charge on any atom is -0.493 e. The largest absolute Gasteiger partial charge is 0.493 e. The van der Waals surface area contributed by atoms with Gasteiger partial charge in [0, 0.05) is 17.1 Å². The van der Waals surface area contributed by atoms with Crippen LogP contribution in [-0.4, -0.2) is 46.7 Å². The molecule has 1 aromatic heterocycles. The first-order valence-electron chi connectivity index (χ1n) is 8.97. The highest BCUT2D eigenvalue weighted by Crippen LogP contribution is 2.33. The van der Waals surface area contributed by atoms with E-state index >= 15 is 0 Å². The average Bonchev–Trinajstić information content (AvgIpc) is 3.29. The summed E-state index contributed by atoms with van der Waals surface area (Å²) in [6.45, 7) is 5.62. The molecule has 0 aliphatic carbocycles. The predicted molar refractivity (Wildman–Crippen MR) is 108 cm³/mol. The Balaban J connectivity index is 1.81. The van der Waals surface area contributed by atoms with Crippen LogP contribution in [0.1, 0.15) is 26.7 Å². The summed E-state index contributed by atoms with van der Waals surface area (Å²) >= 11 is 1.33. The molecule has 2 aromatic rings. The lowest BCUT2D eigenvalue weighted by molar-refractivity contribution is -0.126. The second kappa shape index (κ2) is 8.28. The second-order valence-electron chi connectivity index (χ2n) is 7.45. The van der Waals surface area contributed by atoms with Crippen molar-refractivity contribution >= 4 is 23.5 Å². The maximum absolute atomic E-state index is 12.3. The van der Waals surface area contributed by atoms with Gasteiger partial charge in [-0.25, -0.2) is 0 Å². The van der Waals surface area contributed by atoms with Crippen LogP contribution in [0.15, 0.2) is 33.8 Å². The fourth-order valence-corrected chi connectivity index (χ4v) is 3.52. The third-order valence-electron chi connectivity index (χ3n) is 4.31. The van der Waals surface area contributed by atoms with Gasteiger partial charge >= 0.3 is 0 Å². The van der Waals surface area contributed by atoms with E-state index in [0.717, 1.165) is 0 Å². The molecule has 2 heterocycles. The number of hydrogen-bond acceptors (Lipinski definition) is 8. The first-order valence-corrected chi connectivity index (χ1v) is 9.95. The van der Waals surface area contributed by atoms with Gasteiger partial charge in [0.15, 0.2) is 17.3 Å². The van der Waals surface area contributed by atoms with Crippen LogP contribution in [-0.2, 0) is 16.1 Å². The highest BCUT2D eigenvalue weighted by atomic mass is 32.2. The molecule has 1 amide bonds. The van der Waals surface area contributed by atoms with E-state index in [1.165, 1.54) is 22.7 Å². The van der Waals surface area contributed by atoms with Crippen molar-refractivity contribution < 1.29 is 23.6 Å². The van der Waals surface area contributed by atoms with Crippen LogP contribution in [0.5, 0.6) is 11.5 Å². The Morgan fingerprint density at radius 1 is 1.28 bits per heavy atom. The molecule has 0 unspecified atom stereocenters. The molecule has 0 N–H and O–H groups in total. The number of hydrogen-bond donors (Lipinski definition) is 0. The number of amides is 1. The molecule has 1 aliphatic rings. The van der Waals surface area contributed by atoms with Crippen LogP contribution in [0.3, 0.4) is 0 Å². The Bertz CT molecular complexity index is 961. The third kappa shape index (κ3) is 4.61. The number of nitrogens with zero attached hydrogens (tertiary/aromatic N) is 3. The molecule has 3 rings (SSSR count). The lowest BCUT2D eigenvalue weighted by atomic mass is 9.91. The van der Waals surface area contributed by atoms with Crippen molar-refractivity contribution in [3.8, 4) is 22.9 Å². The standard InChI is InChI=1S/C20H23N3O5S/c1-20(2,3)15(24)9-18-23(17(25)11-29-18)10-16-21-19(22-28-16)12-6-7-13(26-4)14(8-12)27-5/h6-9H,10-11H2,1-5H3/b18-9-. The van der Waals surface area contributed by atoms with E-state index in [2.05, 4.69) is 10.1 Å². The van der Waals surface area contributed by atoms with Gasteiger partial charge in [-0.1, -0.05) is 37.7 Å². The van der Waals surface area contributed by atoms with Gasteiger partial charge < -0.3 is 14.0 Å². The van der Waals surface area contributed by atoms with Crippen molar-refractivity contribution in [2.45, 2.75) is 27.3 Å². The maximum Gasteiger partial charge on any atom is 0.247 e. The minimum absolute atomic E-state index is 0.0451. The highest BCUT2D eigenvalue weighted by Gasteiger charge is 2.31. The number of aromatic nitrogens is 2. The molecule has 0 bridgehead atoms. The number of ether oxygens (including phenoxy) is 2. The molecule has 0 atom stereocenters. The van der Waals surface area contributed by atoms with Crippen LogP contribution in [0.2, 0.25) is 0 Å². The van der Waals surface area contributed by atoms with E-state index < -0.39 is 5.41 Å². The smallest absolute Gasteiger partial charge is 0.247 e. The Labute approximate surface area is 173 Å². The number of carbonyl (C=O) groups excluding carboxylic acids is 2. The van der Waals surface area contributed by atoms with Gasteiger partial charge in [0.05, 0.1) is 25.0 Å². The molecule has 29 heavy (non-hydrogen) atoms. The average molecular weight is 417 g/mol. The van der Waals surface area contributed by atoms with Gasteiger partial charge in [0.25, 0.3) is 0 Å². The van der Waals surface area contributed by atoms with Crippen molar-refractivity contribution in [3.63, 3.8) is 0 Å². The molecule has 0 spiro atoms. The Kier molecular flexibility index (Phi) is 5.97. The molecule has 1 aliphatic heterocycles. The maximum atomic E-state index is 12.3. The predicted octanol–water partition coefficient (Wildman–Crippen LogP) is 3.29. The summed E-state index contributed by atoms with van der Waals surface area (Å²) in [5, 5.41) is 4.59. The summed E-state index contributed by atoms with van der Waals surface area (Å²) < 4.78 is 15.9. The SMILES string of the molecule is COc1ccc(-c2noc(CN3C(=O)CS/C3=C\C(=O)C(C)(C)C)n2)cc1OC. The van der Waals surface area contributed by atoms with Gasteiger partial charge in [-0.15, -0.1) is 0 Å². The van der Waals surface area contributed by atoms with Crippen molar-refractivity contribution in [3.05, 3.63) is 35.2 Å². The van der Waals surface area contributed by atoms with Gasteiger partial charge in [-0.2, -0.15) is 4.98 Å². The van der Waals surface area contributed by atoms with Crippen molar-refractivity contribution in [1.29, 1.82) is 0 Å².